The Labute approximate surface area is 918 Å². The first-order valence-corrected chi connectivity index (χ1v) is 63.1. The van der Waals surface area contributed by atoms with E-state index in [0.29, 0.717) is 23.1 Å². The fourth-order valence-corrected chi connectivity index (χ4v) is 28.1. The van der Waals surface area contributed by atoms with Gasteiger partial charge in [-0.2, -0.15) is 51.2 Å². The molecule has 0 unspecified atom stereocenters. The van der Waals surface area contributed by atoms with Crippen LogP contribution in [0.15, 0.2) is 232 Å². The van der Waals surface area contributed by atoms with Crippen LogP contribution in [-0.4, -0.2) is 32.2 Å². The number of aromatic hydroxyl groups is 1. The van der Waals surface area contributed by atoms with Gasteiger partial charge >= 0.3 is 428 Å². The van der Waals surface area contributed by atoms with Crippen molar-refractivity contribution in [3.05, 3.63) is 345 Å². The van der Waals surface area contributed by atoms with Crippen LogP contribution in [0.1, 0.15) is 278 Å². The van der Waals surface area contributed by atoms with Crippen molar-refractivity contribution < 1.29 is 63.3 Å². The van der Waals surface area contributed by atoms with Crippen LogP contribution < -0.4 is 34.3 Å². The second-order valence-corrected chi connectivity index (χ2v) is 56.2. The molecule has 0 aliphatic heterocycles. The molecule has 4 bridgehead atoms. The van der Waals surface area contributed by atoms with Gasteiger partial charge in [0.1, 0.15) is 11.5 Å². The summed E-state index contributed by atoms with van der Waals surface area (Å²) < 4.78 is 34.9. The van der Waals surface area contributed by atoms with Gasteiger partial charge in [0.05, 0.1) is 8.95 Å². The molecule has 6 heterocycles. The standard InChI is InChI=1S/C26H34Br2O2Si.C12H17N.C10H15N.3C10H12.C8H9N.3C6H8N.3C5H5IN.3Mo/c1-26(2,3)31(4,5)30-25-21(28)15-17-11-7-9-13-19(17)23(25)22-18-12-8-6-10-16(18)14-20(27)24(22)29;1-8(2)10-6-5-7-11(9(3)4)12(10)13;11-10-4-7-1-8(5-10)3-9(2-7)6-10;3*1-10(2,3)9-7-5-4-6-8-9;1-6-4-3-5-7(2)8(6)9;3*1-5-3-4-6(2)7-5;3*1-4-2-3-5(6)7-4;;;/h14-15,29H,6-13H2,1-5H3;5-9H,1-4H3;7-9H,1-6H2;3*1,4-8H,2-3H3;3-5H,1-2H3;3*3-4H,1-2H3;3*2-3H,1H3;;;/q;;;;;;;6*-1;3*+2. The van der Waals surface area contributed by atoms with E-state index in [1.54, 1.807) is 0 Å². The topological polar surface area (TPSA) is 151 Å². The predicted octanol–water partition coefficient (Wildman–Crippen LogP) is 33.8. The third-order valence-electron chi connectivity index (χ3n) is 26.5. The van der Waals surface area contributed by atoms with Crippen LogP contribution in [0.2, 0.25) is 18.1 Å². The summed E-state index contributed by atoms with van der Waals surface area (Å²) in [4.78, 5) is 24.6. The van der Waals surface area contributed by atoms with E-state index in [4.69, 9.17) is 14.9 Å². The van der Waals surface area contributed by atoms with E-state index in [-0.39, 0.29) is 39.2 Å². The number of nitrogens with zero attached hydrogens (tertiary/aromatic N) is 9. The Hall–Kier alpha value is -5.74. The molecule has 0 saturated heterocycles. The van der Waals surface area contributed by atoms with Crippen LogP contribution >= 0.6 is 99.6 Å². The van der Waals surface area contributed by atoms with Crippen LogP contribution in [0.5, 0.6) is 11.5 Å². The number of phenols is 1. The molecule has 0 atom stereocenters. The van der Waals surface area contributed by atoms with Crippen molar-refractivity contribution in [3.63, 3.8) is 0 Å². The molecule has 4 saturated carbocycles. The average molecular weight is 2590 g/mol. The summed E-state index contributed by atoms with van der Waals surface area (Å²) in [5.74, 6) is 5.38. The number of rotatable bonds is 14. The first-order chi connectivity index (χ1) is 65.6. The third-order valence-corrected chi connectivity index (χ3v) is 41.5. The summed E-state index contributed by atoms with van der Waals surface area (Å²) in [6, 6.07) is 73.8. The van der Waals surface area contributed by atoms with Crippen LogP contribution in [0.3, 0.4) is 0 Å². The van der Waals surface area contributed by atoms with Gasteiger partial charge in [-0.25, -0.2) is 0 Å². The van der Waals surface area contributed by atoms with Crippen molar-refractivity contribution in [2.75, 3.05) is 0 Å². The Balaban J connectivity index is 0.000000182. The van der Waals surface area contributed by atoms with E-state index in [2.05, 4.69) is 399 Å². The van der Waals surface area contributed by atoms with Crippen LogP contribution in [0.4, 0.5) is 11.4 Å². The summed E-state index contributed by atoms with van der Waals surface area (Å²) in [5, 5.41) is 11.5. The first kappa shape index (κ1) is 117. The molecular formula is C119H150Br2I3Mo3N9O2Si. The van der Waals surface area contributed by atoms with Crippen molar-refractivity contribution in [2.24, 2.45) is 28.2 Å². The zero-order valence-corrected chi connectivity index (χ0v) is 104. The normalized spacial score (nSPS) is 15.8. The predicted molar refractivity (Wildman–Crippen MR) is 614 cm³/mol. The van der Waals surface area contributed by atoms with Gasteiger partial charge in [-0.3, -0.25) is 0 Å². The summed E-state index contributed by atoms with van der Waals surface area (Å²) in [7, 11) is -2.08. The van der Waals surface area contributed by atoms with Gasteiger partial charge in [-0.15, -0.1) is 0 Å². The Morgan fingerprint density at radius 3 is 1.01 bits per heavy atom. The molecule has 11 nitrogen and oxygen atoms in total. The van der Waals surface area contributed by atoms with Crippen LogP contribution in [0, 0.1) is 105 Å². The Kier molecular flexibility index (Phi) is 46.4. The fraction of sp³-hybridized carbons (Fsp3) is 0.420. The van der Waals surface area contributed by atoms with Gasteiger partial charge < -0.3 is 39.4 Å². The molecule has 19 rings (SSSR count). The van der Waals surface area contributed by atoms with Gasteiger partial charge in [0, 0.05) is 11.1 Å². The number of aryl methyl sites for hydroxylation is 13. The maximum absolute atomic E-state index is 11.4. The maximum atomic E-state index is 11.4. The van der Waals surface area contributed by atoms with Crippen LogP contribution in [0.25, 0.3) is 11.1 Å². The molecule has 6 aromatic heterocycles. The van der Waals surface area contributed by atoms with Crippen molar-refractivity contribution in [1.29, 1.82) is 0 Å². The van der Waals surface area contributed by atoms with E-state index < -0.39 is 44.2 Å². The van der Waals surface area contributed by atoms with Gasteiger partial charge in [-0.1, -0.05) is 235 Å². The minimum absolute atomic E-state index is 0.0811. The molecule has 139 heavy (non-hydrogen) atoms. The number of aromatic nitrogens is 6. The monoisotopic (exact) mass is 2600 g/mol. The number of fused-ring (bicyclic) bond motifs is 2. The molecule has 13 aromatic rings. The van der Waals surface area contributed by atoms with Crippen molar-refractivity contribution in [2.45, 2.75) is 308 Å². The molecule has 0 spiro atoms. The Bertz CT molecular complexity index is 5800. The summed E-state index contributed by atoms with van der Waals surface area (Å²) in [5.41, 5.74) is 30.3. The average Bonchev–Trinajstić information content (AvgIpc) is 1.69. The van der Waals surface area contributed by atoms with E-state index in [1.165, 1.54) is 137 Å². The van der Waals surface area contributed by atoms with Gasteiger partial charge in [0.2, 0.25) is 0 Å². The number of hydrogen-bond donors (Lipinski definition) is 1. The van der Waals surface area contributed by atoms with Crippen molar-refractivity contribution >= 4 is 133 Å². The number of hydrogen-bond acceptors (Lipinski definition) is 5. The summed E-state index contributed by atoms with van der Waals surface area (Å²) in [6.45, 7) is 56.5. The summed E-state index contributed by atoms with van der Waals surface area (Å²) in [6.07, 6.45) is 17.9. The quantitative estimate of drug-likeness (QED) is 0.0835. The first-order valence-electron chi connectivity index (χ1n) is 49.2. The molecule has 6 aliphatic carbocycles. The molecule has 20 heteroatoms. The van der Waals surface area contributed by atoms with E-state index in [9.17, 15) is 5.11 Å². The fourth-order valence-electron chi connectivity index (χ4n) is 18.1. The molecule has 740 valence electrons. The molecular weight excluding hydrogens is 2440 g/mol. The molecule has 6 aliphatic rings. The van der Waals surface area contributed by atoms with E-state index >= 15 is 0 Å². The minimum atomic E-state index is -2.08. The zero-order chi connectivity index (χ0) is 102. The van der Waals surface area contributed by atoms with Gasteiger partial charge in [-0.05, 0) is 136 Å². The number of phenolic OH excluding ortho intramolecular Hbond substituents is 1. The van der Waals surface area contributed by atoms with Crippen molar-refractivity contribution in [3.8, 4) is 22.6 Å². The zero-order valence-electron chi connectivity index (χ0n) is 87.2. The molecule has 4 fully saturated rings. The number of benzene rings is 7. The van der Waals surface area contributed by atoms with E-state index in [0.717, 1.165) is 132 Å². The number of halogens is 5. The van der Waals surface area contributed by atoms with Crippen LogP contribution in [-0.2, 0) is 95.7 Å². The summed E-state index contributed by atoms with van der Waals surface area (Å²) >= 11 is 12.7. The second-order valence-electron chi connectivity index (χ2n) is 41.8. The van der Waals surface area contributed by atoms with E-state index in [1.807, 2.05) is 135 Å². The van der Waals surface area contributed by atoms with Gasteiger partial charge in [0.15, 0.2) is 0 Å². The molecule has 1 N–H and O–H groups in total. The van der Waals surface area contributed by atoms with Crippen molar-refractivity contribution in [1.82, 2.24) is 29.9 Å². The molecule has 7 aromatic carbocycles. The SMILES string of the molecule is CC(C)(C)[Si](C)(C)Oc1c(Br)cc2c(c1-c1c(O)c(Br)cc3c1CCCC3)CCCC2.CC(C)([CH]=[Mo+2]=[N]C12CC3CC(CC(C3)C1)C2)c1ccccc1.CC(C)c1cccc(C(C)C)c1[N]=[Mo+2]=[CH]C(C)(C)c1ccccc1.Cc1ccc(C)[n-]1.Cc1ccc(C)[n-]1.Cc1ccc(C)[n-]1.Cc1ccc(I)[n-]1.Cc1ccc(I)[n-]1.Cc1ccc(I)[n-]1.Cc1cccc(C)c1[N]=[Mo+2]=[CH]C(C)(C)c1ccccc1. The Morgan fingerprint density at radius 2 is 0.705 bits per heavy atom. The Morgan fingerprint density at radius 1 is 0.396 bits per heavy atom. The molecule has 0 radical (unpaired) electrons. The second kappa shape index (κ2) is 55.2. The molecule has 0 amide bonds. The third kappa shape index (κ3) is 36.7. The van der Waals surface area contributed by atoms with Gasteiger partial charge in [0.25, 0.3) is 8.32 Å².